The van der Waals surface area contributed by atoms with Gasteiger partial charge in [-0.1, -0.05) is 17.3 Å². The van der Waals surface area contributed by atoms with Gasteiger partial charge >= 0.3 is 0 Å². The lowest BCUT2D eigenvalue weighted by molar-refractivity contribution is 0.795. The first kappa shape index (κ1) is 8.05. The van der Waals surface area contributed by atoms with Crippen molar-refractivity contribution in [2.75, 3.05) is 0 Å². The van der Waals surface area contributed by atoms with E-state index in [1.807, 2.05) is 24.3 Å². The van der Waals surface area contributed by atoms with Crippen molar-refractivity contribution in [1.29, 1.82) is 0 Å². The number of hydrogen-bond donors (Lipinski definition) is 0. The lowest BCUT2D eigenvalue weighted by atomic mass is 10.3. The summed E-state index contributed by atoms with van der Waals surface area (Å²) in [4.78, 5) is 8.17. The predicted molar refractivity (Wildman–Crippen MR) is 54.5 cm³/mol. The summed E-state index contributed by atoms with van der Waals surface area (Å²) < 4.78 is 1.67. The van der Waals surface area contributed by atoms with Gasteiger partial charge in [0.15, 0.2) is 5.82 Å². The Morgan fingerprint density at radius 3 is 2.87 bits per heavy atom. The lowest BCUT2D eigenvalue weighted by Crippen LogP contribution is -1.99. The molecule has 5 heteroatoms. The topological polar surface area (TPSA) is 56.5 Å². The molecule has 2 aromatic heterocycles. The van der Waals surface area contributed by atoms with Crippen molar-refractivity contribution in [3.8, 4) is 5.82 Å². The molecule has 0 saturated heterocycles. The van der Waals surface area contributed by atoms with Crippen LogP contribution in [0.25, 0.3) is 16.9 Å². The van der Waals surface area contributed by atoms with E-state index in [1.165, 1.54) is 0 Å². The maximum atomic E-state index is 4.17. The average molecular weight is 197 g/mol. The number of benzene rings is 1. The first-order valence-corrected chi connectivity index (χ1v) is 4.52. The van der Waals surface area contributed by atoms with Gasteiger partial charge in [-0.05, 0) is 12.1 Å². The van der Waals surface area contributed by atoms with Crippen molar-refractivity contribution >= 4 is 11.0 Å². The van der Waals surface area contributed by atoms with E-state index in [-0.39, 0.29) is 0 Å². The Morgan fingerprint density at radius 2 is 2.00 bits per heavy atom. The summed E-state index contributed by atoms with van der Waals surface area (Å²) in [5.74, 6) is 0.672. The fourth-order valence-corrected chi connectivity index (χ4v) is 1.44. The van der Waals surface area contributed by atoms with Crippen LogP contribution in [0.5, 0.6) is 0 Å². The second-order valence-corrected chi connectivity index (χ2v) is 3.05. The van der Waals surface area contributed by atoms with Gasteiger partial charge < -0.3 is 0 Å². The van der Waals surface area contributed by atoms with Gasteiger partial charge in [0.25, 0.3) is 0 Å². The van der Waals surface area contributed by atoms with Crippen LogP contribution in [0.4, 0.5) is 0 Å². The van der Waals surface area contributed by atoms with Gasteiger partial charge in [-0.25, -0.2) is 4.98 Å². The Morgan fingerprint density at radius 1 is 1.07 bits per heavy atom. The molecule has 0 aliphatic heterocycles. The summed E-state index contributed by atoms with van der Waals surface area (Å²) in [5, 5.41) is 8.07. The Labute approximate surface area is 85.4 Å². The maximum absolute atomic E-state index is 4.17. The van der Waals surface area contributed by atoms with E-state index in [4.69, 9.17) is 0 Å². The first-order chi connectivity index (χ1) is 7.45. The van der Waals surface area contributed by atoms with Crippen molar-refractivity contribution in [2.24, 2.45) is 0 Å². The van der Waals surface area contributed by atoms with E-state index in [9.17, 15) is 0 Å². The summed E-state index contributed by atoms with van der Waals surface area (Å²) in [6.07, 6.45) is 4.91. The third-order valence-corrected chi connectivity index (χ3v) is 2.12. The minimum Gasteiger partial charge on any atom is -0.259 e. The molecular weight excluding hydrogens is 190 g/mol. The zero-order valence-corrected chi connectivity index (χ0v) is 7.78. The van der Waals surface area contributed by atoms with Gasteiger partial charge in [-0.2, -0.15) is 4.68 Å². The Balaban J connectivity index is 2.28. The average Bonchev–Trinajstić information content (AvgIpc) is 2.74. The van der Waals surface area contributed by atoms with Crippen molar-refractivity contribution in [3.05, 3.63) is 42.9 Å². The first-order valence-electron chi connectivity index (χ1n) is 4.52. The molecule has 0 unspecified atom stereocenters. The molecule has 72 valence electrons. The molecule has 0 N–H and O–H groups in total. The lowest BCUT2D eigenvalue weighted by Gasteiger charge is -1.98. The molecule has 0 aliphatic rings. The third-order valence-electron chi connectivity index (χ3n) is 2.12. The SMILES string of the molecule is c1ccc2c(c1)nnn2-c1cnccn1. The highest BCUT2D eigenvalue weighted by molar-refractivity contribution is 5.75. The van der Waals surface area contributed by atoms with Gasteiger partial charge in [0.2, 0.25) is 0 Å². The molecule has 0 atom stereocenters. The number of hydrogen-bond acceptors (Lipinski definition) is 4. The van der Waals surface area contributed by atoms with E-state index in [0.29, 0.717) is 5.82 Å². The normalized spacial score (nSPS) is 10.7. The molecule has 0 amide bonds. The fraction of sp³-hybridized carbons (Fsp3) is 0. The fourth-order valence-electron chi connectivity index (χ4n) is 1.44. The molecule has 0 bridgehead atoms. The van der Waals surface area contributed by atoms with Crippen LogP contribution in [0, 0.1) is 0 Å². The van der Waals surface area contributed by atoms with Crippen LogP contribution in [-0.2, 0) is 0 Å². The zero-order valence-electron chi connectivity index (χ0n) is 7.78. The number of fused-ring (bicyclic) bond motifs is 1. The van der Waals surface area contributed by atoms with Crippen LogP contribution < -0.4 is 0 Å². The summed E-state index contributed by atoms with van der Waals surface area (Å²) in [6, 6.07) is 7.73. The highest BCUT2D eigenvalue weighted by atomic mass is 15.4. The summed E-state index contributed by atoms with van der Waals surface area (Å²) in [7, 11) is 0. The number of para-hydroxylation sites is 1. The molecule has 15 heavy (non-hydrogen) atoms. The quantitative estimate of drug-likeness (QED) is 0.588. The van der Waals surface area contributed by atoms with Gasteiger partial charge in [-0.15, -0.1) is 5.10 Å². The molecule has 3 aromatic rings. The van der Waals surface area contributed by atoms with E-state index in [1.54, 1.807) is 23.3 Å². The summed E-state index contributed by atoms with van der Waals surface area (Å²) in [5.41, 5.74) is 1.78. The van der Waals surface area contributed by atoms with Crippen LogP contribution in [0.1, 0.15) is 0 Å². The molecule has 0 saturated carbocycles. The molecular formula is C10H7N5. The van der Waals surface area contributed by atoms with Crippen molar-refractivity contribution in [3.63, 3.8) is 0 Å². The highest BCUT2D eigenvalue weighted by Crippen LogP contribution is 2.12. The Kier molecular flexibility index (Phi) is 1.68. The molecule has 0 aliphatic carbocycles. The standard InChI is InChI=1S/C10H7N5/c1-2-4-9-8(3-1)13-14-15(9)10-7-11-5-6-12-10/h1-7H. The minimum absolute atomic E-state index is 0.672. The molecule has 1 aromatic carbocycles. The van der Waals surface area contributed by atoms with Crippen molar-refractivity contribution in [2.45, 2.75) is 0 Å². The second kappa shape index (κ2) is 3.13. The smallest absolute Gasteiger partial charge is 0.174 e. The molecule has 0 fully saturated rings. The van der Waals surface area contributed by atoms with E-state index < -0.39 is 0 Å². The molecule has 5 nitrogen and oxygen atoms in total. The van der Waals surface area contributed by atoms with E-state index in [0.717, 1.165) is 11.0 Å². The molecule has 2 heterocycles. The largest absolute Gasteiger partial charge is 0.259 e. The van der Waals surface area contributed by atoms with Crippen LogP contribution in [0.2, 0.25) is 0 Å². The van der Waals surface area contributed by atoms with Crippen molar-refractivity contribution < 1.29 is 0 Å². The molecule has 0 spiro atoms. The maximum Gasteiger partial charge on any atom is 0.174 e. The number of aromatic nitrogens is 5. The van der Waals surface area contributed by atoms with Gasteiger partial charge in [-0.3, -0.25) is 4.98 Å². The Bertz CT molecular complexity index is 587. The molecule has 0 radical (unpaired) electrons. The van der Waals surface area contributed by atoms with E-state index in [2.05, 4.69) is 20.3 Å². The van der Waals surface area contributed by atoms with Crippen LogP contribution >= 0.6 is 0 Å². The highest BCUT2D eigenvalue weighted by Gasteiger charge is 2.05. The Hall–Kier alpha value is -2.30. The number of nitrogens with zero attached hydrogens (tertiary/aromatic N) is 5. The van der Waals surface area contributed by atoms with Crippen LogP contribution in [0.15, 0.2) is 42.9 Å². The summed E-state index contributed by atoms with van der Waals surface area (Å²) >= 11 is 0. The molecule has 3 rings (SSSR count). The zero-order chi connectivity index (χ0) is 10.1. The van der Waals surface area contributed by atoms with Crippen LogP contribution in [0.3, 0.4) is 0 Å². The van der Waals surface area contributed by atoms with Gasteiger partial charge in [0.1, 0.15) is 5.52 Å². The number of rotatable bonds is 1. The third kappa shape index (κ3) is 1.25. The predicted octanol–water partition coefficient (Wildman–Crippen LogP) is 1.21. The van der Waals surface area contributed by atoms with E-state index >= 15 is 0 Å². The summed E-state index contributed by atoms with van der Waals surface area (Å²) in [6.45, 7) is 0. The second-order valence-electron chi connectivity index (χ2n) is 3.05. The van der Waals surface area contributed by atoms with Crippen LogP contribution in [-0.4, -0.2) is 25.0 Å². The minimum atomic E-state index is 0.672. The monoisotopic (exact) mass is 197 g/mol. The van der Waals surface area contributed by atoms with Crippen molar-refractivity contribution in [1.82, 2.24) is 25.0 Å². The van der Waals surface area contributed by atoms with Gasteiger partial charge in [0.05, 0.1) is 11.7 Å². The van der Waals surface area contributed by atoms with Gasteiger partial charge in [0, 0.05) is 12.4 Å².